The Morgan fingerprint density at radius 1 is 1.14 bits per heavy atom. The van der Waals surface area contributed by atoms with Crippen LogP contribution in [-0.4, -0.2) is 42.9 Å². The van der Waals surface area contributed by atoms with Crippen LogP contribution >= 0.6 is 0 Å². The van der Waals surface area contributed by atoms with Gasteiger partial charge in [0.1, 0.15) is 0 Å². The summed E-state index contributed by atoms with van der Waals surface area (Å²) in [7, 11) is -0.591. The van der Waals surface area contributed by atoms with E-state index in [2.05, 4.69) is 15.5 Å². The quantitative estimate of drug-likeness (QED) is 0.680. The lowest BCUT2D eigenvalue weighted by molar-refractivity contribution is 0.0907. The van der Waals surface area contributed by atoms with Crippen LogP contribution in [0, 0.1) is 6.92 Å². The van der Waals surface area contributed by atoms with Crippen LogP contribution in [0.4, 0.5) is 0 Å². The first kappa shape index (κ1) is 19.7. The Hall–Kier alpha value is -3.04. The topological polar surface area (TPSA) is 105 Å². The lowest BCUT2D eigenvalue weighted by Crippen LogP contribution is -2.23. The summed E-state index contributed by atoms with van der Waals surface area (Å²) in [5.74, 6) is -0.436. The fourth-order valence-electron chi connectivity index (χ4n) is 2.50. The number of hydrogen-bond donors (Lipinski definition) is 1. The number of benzene rings is 2. The Bertz CT molecular complexity index is 1090. The number of sulfonamides is 1. The molecule has 0 atom stereocenters. The summed E-state index contributed by atoms with van der Waals surface area (Å²) in [6, 6.07) is 13.8. The van der Waals surface area contributed by atoms with E-state index >= 15 is 0 Å². The molecule has 0 radical (unpaired) electrons. The summed E-state index contributed by atoms with van der Waals surface area (Å²) in [5, 5.41) is 6.53. The molecule has 1 amide bonds. The van der Waals surface area contributed by atoms with Crippen LogP contribution in [0.3, 0.4) is 0 Å². The average Bonchev–Trinajstić information content (AvgIpc) is 3.16. The van der Waals surface area contributed by atoms with Gasteiger partial charge in [-0.05, 0) is 36.8 Å². The van der Waals surface area contributed by atoms with Crippen LogP contribution in [0.15, 0.2) is 57.9 Å². The Morgan fingerprint density at radius 2 is 1.86 bits per heavy atom. The van der Waals surface area contributed by atoms with Gasteiger partial charge in [-0.3, -0.25) is 4.79 Å². The van der Waals surface area contributed by atoms with Gasteiger partial charge >= 0.3 is 11.8 Å². The van der Waals surface area contributed by atoms with Gasteiger partial charge in [-0.15, -0.1) is 0 Å². The number of nitrogens with one attached hydrogen (secondary N) is 1. The normalized spacial score (nSPS) is 11.6. The molecular weight excluding hydrogens is 380 g/mol. The fraction of sp³-hybridized carbons (Fsp3) is 0.211. The Labute approximate surface area is 163 Å². The van der Waals surface area contributed by atoms with Crippen LogP contribution in [0.1, 0.15) is 21.8 Å². The highest BCUT2D eigenvalue weighted by Gasteiger charge is 2.19. The molecule has 1 heterocycles. The molecule has 0 aliphatic heterocycles. The minimum absolute atomic E-state index is 0.154. The number of amides is 1. The molecule has 146 valence electrons. The van der Waals surface area contributed by atoms with Crippen molar-refractivity contribution < 1.29 is 17.7 Å². The number of aryl methyl sites for hydroxylation is 1. The number of hydrogen-bond acceptors (Lipinski definition) is 6. The Morgan fingerprint density at radius 3 is 2.50 bits per heavy atom. The van der Waals surface area contributed by atoms with Crippen LogP contribution in [0.2, 0.25) is 0 Å². The molecule has 1 aromatic heterocycles. The number of nitrogens with zero attached hydrogens (tertiary/aromatic N) is 3. The number of rotatable bonds is 6. The van der Waals surface area contributed by atoms with E-state index in [0.29, 0.717) is 12.1 Å². The zero-order valence-electron chi connectivity index (χ0n) is 15.7. The van der Waals surface area contributed by atoms with Crippen molar-refractivity contribution in [3.8, 4) is 11.4 Å². The first-order chi connectivity index (χ1) is 13.3. The van der Waals surface area contributed by atoms with Gasteiger partial charge in [0.05, 0.1) is 4.90 Å². The molecule has 0 saturated heterocycles. The van der Waals surface area contributed by atoms with Crippen molar-refractivity contribution in [3.05, 3.63) is 65.5 Å². The van der Waals surface area contributed by atoms with Crippen LogP contribution in [0.5, 0.6) is 0 Å². The number of carbonyl (C=O) groups is 1. The zero-order chi connectivity index (χ0) is 20.3. The minimum Gasteiger partial charge on any atom is -0.344 e. The van der Waals surface area contributed by atoms with Crippen molar-refractivity contribution in [2.45, 2.75) is 18.4 Å². The summed E-state index contributed by atoms with van der Waals surface area (Å²) in [6.45, 7) is 2.32. The molecule has 28 heavy (non-hydrogen) atoms. The molecule has 0 aliphatic carbocycles. The van der Waals surface area contributed by atoms with Gasteiger partial charge < -0.3 is 9.84 Å². The lowest BCUT2D eigenvalue weighted by Gasteiger charge is -2.11. The van der Waals surface area contributed by atoms with E-state index in [0.717, 1.165) is 15.4 Å². The van der Waals surface area contributed by atoms with Gasteiger partial charge in [-0.25, -0.2) is 12.7 Å². The third kappa shape index (κ3) is 4.26. The van der Waals surface area contributed by atoms with Gasteiger partial charge in [0.25, 0.3) is 0 Å². The molecule has 9 heteroatoms. The number of carbonyl (C=O) groups excluding carboxylic acids is 1. The second-order valence-electron chi connectivity index (χ2n) is 6.41. The predicted octanol–water partition coefficient (Wildman–Crippen LogP) is 2.23. The summed E-state index contributed by atoms with van der Waals surface area (Å²) >= 11 is 0. The van der Waals surface area contributed by atoms with Crippen molar-refractivity contribution in [1.29, 1.82) is 0 Å². The largest absolute Gasteiger partial charge is 0.344 e. The predicted molar refractivity (Wildman–Crippen MR) is 103 cm³/mol. The molecule has 0 aliphatic rings. The first-order valence-corrected chi connectivity index (χ1v) is 9.92. The highest BCUT2D eigenvalue weighted by atomic mass is 32.2. The maximum Gasteiger partial charge on any atom is 0.316 e. The summed E-state index contributed by atoms with van der Waals surface area (Å²) in [6.07, 6.45) is 0. The van der Waals surface area contributed by atoms with E-state index in [4.69, 9.17) is 4.52 Å². The maximum absolute atomic E-state index is 12.2. The second-order valence-corrected chi connectivity index (χ2v) is 8.56. The van der Waals surface area contributed by atoms with Gasteiger partial charge in [0, 0.05) is 26.2 Å². The summed E-state index contributed by atoms with van der Waals surface area (Å²) in [4.78, 5) is 16.5. The molecule has 3 aromatic rings. The lowest BCUT2D eigenvalue weighted by atomic mass is 10.1. The zero-order valence-corrected chi connectivity index (χ0v) is 16.5. The molecule has 0 unspecified atom stereocenters. The first-order valence-electron chi connectivity index (χ1n) is 8.48. The van der Waals surface area contributed by atoms with Crippen molar-refractivity contribution in [2.75, 3.05) is 14.1 Å². The Balaban J connectivity index is 1.70. The molecular formula is C19H20N4O4S. The third-order valence-corrected chi connectivity index (χ3v) is 5.88. The van der Waals surface area contributed by atoms with Crippen molar-refractivity contribution in [2.24, 2.45) is 0 Å². The molecule has 1 N–H and O–H groups in total. The van der Waals surface area contributed by atoms with E-state index in [1.54, 1.807) is 12.1 Å². The maximum atomic E-state index is 12.2. The van der Waals surface area contributed by atoms with Crippen molar-refractivity contribution in [3.63, 3.8) is 0 Å². The van der Waals surface area contributed by atoms with Gasteiger partial charge in [0.15, 0.2) is 0 Å². The third-order valence-electron chi connectivity index (χ3n) is 4.05. The number of aromatic nitrogens is 2. The molecule has 0 bridgehead atoms. The highest BCUT2D eigenvalue weighted by molar-refractivity contribution is 7.89. The molecule has 0 saturated carbocycles. The van der Waals surface area contributed by atoms with E-state index in [9.17, 15) is 13.2 Å². The SMILES string of the molecule is Cc1cccc(CNC(=O)c2nc(-c3ccc(S(=O)(=O)N(C)C)cc3)no2)c1. The molecule has 0 spiro atoms. The molecule has 3 rings (SSSR count). The summed E-state index contributed by atoms with van der Waals surface area (Å²) < 4.78 is 30.4. The summed E-state index contributed by atoms with van der Waals surface area (Å²) in [5.41, 5.74) is 2.61. The molecule has 8 nitrogen and oxygen atoms in total. The van der Waals surface area contributed by atoms with E-state index in [1.807, 2.05) is 31.2 Å². The smallest absolute Gasteiger partial charge is 0.316 e. The average molecular weight is 400 g/mol. The minimum atomic E-state index is -3.52. The van der Waals surface area contributed by atoms with Crippen molar-refractivity contribution in [1.82, 2.24) is 19.8 Å². The molecule has 0 fully saturated rings. The van der Waals surface area contributed by atoms with Crippen LogP contribution in [0.25, 0.3) is 11.4 Å². The van der Waals surface area contributed by atoms with Crippen LogP contribution < -0.4 is 5.32 Å². The van der Waals surface area contributed by atoms with E-state index in [-0.39, 0.29) is 16.6 Å². The monoisotopic (exact) mass is 400 g/mol. The van der Waals surface area contributed by atoms with Gasteiger partial charge in [0.2, 0.25) is 15.8 Å². The van der Waals surface area contributed by atoms with E-state index in [1.165, 1.54) is 26.2 Å². The highest BCUT2D eigenvalue weighted by Crippen LogP contribution is 2.20. The standard InChI is InChI=1S/C19H20N4O4S/c1-13-5-4-6-14(11-13)12-20-18(24)19-21-17(22-27-19)15-7-9-16(10-8-15)28(25,26)23(2)3/h4-11H,12H2,1-3H3,(H,20,24). The Kier molecular flexibility index (Phi) is 5.57. The fourth-order valence-corrected chi connectivity index (χ4v) is 3.40. The van der Waals surface area contributed by atoms with E-state index < -0.39 is 15.9 Å². The van der Waals surface area contributed by atoms with Gasteiger partial charge in [-0.1, -0.05) is 35.0 Å². The van der Waals surface area contributed by atoms with Crippen molar-refractivity contribution >= 4 is 15.9 Å². The van der Waals surface area contributed by atoms with Crippen LogP contribution in [-0.2, 0) is 16.6 Å². The second kappa shape index (κ2) is 7.91. The van der Waals surface area contributed by atoms with Gasteiger partial charge in [-0.2, -0.15) is 4.98 Å². The molecule has 2 aromatic carbocycles.